The summed E-state index contributed by atoms with van der Waals surface area (Å²) in [5.41, 5.74) is 3.74. The SMILES string of the molecule is CCn1nc(C)cc1C(=O)Nc1c2c(nn1C)CCC2. The Morgan fingerprint density at radius 3 is 2.95 bits per heavy atom. The molecule has 6 heteroatoms. The lowest BCUT2D eigenvalue weighted by atomic mass is 10.2. The fourth-order valence-corrected chi connectivity index (χ4v) is 2.82. The Hall–Kier alpha value is -2.11. The van der Waals surface area contributed by atoms with E-state index in [-0.39, 0.29) is 5.91 Å². The fraction of sp³-hybridized carbons (Fsp3) is 0.500. The predicted octanol–water partition coefficient (Wildman–Crippen LogP) is 1.69. The number of fused-ring (bicyclic) bond motifs is 1. The highest BCUT2D eigenvalue weighted by molar-refractivity contribution is 6.03. The van der Waals surface area contributed by atoms with Gasteiger partial charge < -0.3 is 5.32 Å². The molecule has 0 unspecified atom stereocenters. The maximum absolute atomic E-state index is 12.4. The summed E-state index contributed by atoms with van der Waals surface area (Å²) in [6, 6.07) is 1.81. The van der Waals surface area contributed by atoms with Crippen LogP contribution in [0.5, 0.6) is 0 Å². The molecule has 2 aromatic rings. The van der Waals surface area contributed by atoms with Crippen LogP contribution >= 0.6 is 0 Å². The van der Waals surface area contributed by atoms with Crippen LogP contribution in [0.2, 0.25) is 0 Å². The van der Waals surface area contributed by atoms with Crippen LogP contribution in [0.4, 0.5) is 5.82 Å². The van der Waals surface area contributed by atoms with E-state index in [1.807, 2.05) is 27.0 Å². The van der Waals surface area contributed by atoms with Gasteiger partial charge in [-0.2, -0.15) is 10.2 Å². The Morgan fingerprint density at radius 2 is 2.20 bits per heavy atom. The molecule has 6 nitrogen and oxygen atoms in total. The second-order valence-electron chi connectivity index (χ2n) is 5.19. The summed E-state index contributed by atoms with van der Waals surface area (Å²) < 4.78 is 3.49. The van der Waals surface area contributed by atoms with E-state index in [1.165, 1.54) is 5.56 Å². The van der Waals surface area contributed by atoms with Crippen molar-refractivity contribution in [3.8, 4) is 0 Å². The van der Waals surface area contributed by atoms with Gasteiger partial charge in [-0.05, 0) is 39.2 Å². The van der Waals surface area contributed by atoms with E-state index in [0.717, 1.165) is 36.5 Å². The first-order chi connectivity index (χ1) is 9.60. The number of nitrogens with one attached hydrogen (secondary N) is 1. The minimum atomic E-state index is -0.120. The van der Waals surface area contributed by atoms with E-state index in [9.17, 15) is 4.79 Å². The van der Waals surface area contributed by atoms with Gasteiger partial charge in [-0.1, -0.05) is 0 Å². The smallest absolute Gasteiger partial charge is 0.275 e. The Bertz CT molecular complexity index is 667. The minimum Gasteiger partial charge on any atom is -0.305 e. The van der Waals surface area contributed by atoms with Crippen molar-refractivity contribution in [3.63, 3.8) is 0 Å². The van der Waals surface area contributed by atoms with E-state index in [1.54, 1.807) is 9.36 Å². The second kappa shape index (κ2) is 4.77. The Labute approximate surface area is 117 Å². The first kappa shape index (κ1) is 12.9. The molecule has 0 aliphatic heterocycles. The van der Waals surface area contributed by atoms with E-state index < -0.39 is 0 Å². The highest BCUT2D eigenvalue weighted by atomic mass is 16.2. The van der Waals surface area contributed by atoms with Crippen LogP contribution in [-0.4, -0.2) is 25.5 Å². The third kappa shape index (κ3) is 2.01. The quantitative estimate of drug-likeness (QED) is 0.925. The average Bonchev–Trinajstić information content (AvgIpc) is 3.07. The molecule has 0 fully saturated rings. The van der Waals surface area contributed by atoms with Crippen molar-refractivity contribution < 1.29 is 4.79 Å². The van der Waals surface area contributed by atoms with Crippen molar-refractivity contribution in [2.45, 2.75) is 39.7 Å². The van der Waals surface area contributed by atoms with Gasteiger partial charge in [0.1, 0.15) is 11.5 Å². The molecule has 1 N–H and O–H groups in total. The van der Waals surface area contributed by atoms with Gasteiger partial charge in [0.05, 0.1) is 11.4 Å². The number of hydrogen-bond donors (Lipinski definition) is 1. The van der Waals surface area contributed by atoms with Crippen LogP contribution in [0, 0.1) is 6.92 Å². The van der Waals surface area contributed by atoms with Crippen LogP contribution < -0.4 is 5.32 Å². The molecule has 2 aromatic heterocycles. The zero-order valence-electron chi connectivity index (χ0n) is 12.1. The third-order valence-corrected chi connectivity index (χ3v) is 3.74. The molecule has 1 aliphatic rings. The summed E-state index contributed by atoms with van der Waals surface area (Å²) in [4.78, 5) is 12.4. The van der Waals surface area contributed by atoms with Crippen LogP contribution in [0.25, 0.3) is 0 Å². The zero-order chi connectivity index (χ0) is 14.3. The lowest BCUT2D eigenvalue weighted by Crippen LogP contribution is -2.19. The van der Waals surface area contributed by atoms with Gasteiger partial charge in [0.25, 0.3) is 5.91 Å². The Kier molecular flexibility index (Phi) is 3.08. The monoisotopic (exact) mass is 273 g/mol. The van der Waals surface area contributed by atoms with Gasteiger partial charge in [0.15, 0.2) is 0 Å². The zero-order valence-corrected chi connectivity index (χ0v) is 12.1. The highest BCUT2D eigenvalue weighted by Crippen LogP contribution is 2.28. The van der Waals surface area contributed by atoms with E-state index in [2.05, 4.69) is 15.5 Å². The highest BCUT2D eigenvalue weighted by Gasteiger charge is 2.23. The number of hydrogen-bond acceptors (Lipinski definition) is 3. The molecule has 106 valence electrons. The number of aryl methyl sites for hydroxylation is 4. The number of rotatable bonds is 3. The average molecular weight is 273 g/mol. The molecular formula is C14H19N5O. The van der Waals surface area contributed by atoms with Crippen LogP contribution in [-0.2, 0) is 26.4 Å². The number of carbonyl (C=O) groups is 1. The van der Waals surface area contributed by atoms with Gasteiger partial charge in [-0.25, -0.2) is 0 Å². The van der Waals surface area contributed by atoms with Gasteiger partial charge in [-0.15, -0.1) is 0 Å². The summed E-state index contributed by atoms with van der Waals surface area (Å²) in [5, 5.41) is 11.8. The maximum atomic E-state index is 12.4. The summed E-state index contributed by atoms with van der Waals surface area (Å²) >= 11 is 0. The molecule has 0 atom stereocenters. The summed E-state index contributed by atoms with van der Waals surface area (Å²) in [7, 11) is 1.87. The first-order valence-electron chi connectivity index (χ1n) is 7.00. The molecule has 20 heavy (non-hydrogen) atoms. The normalized spacial score (nSPS) is 13.6. The number of carbonyl (C=O) groups excluding carboxylic acids is 1. The predicted molar refractivity (Wildman–Crippen MR) is 75.8 cm³/mol. The van der Waals surface area contributed by atoms with E-state index in [0.29, 0.717) is 12.2 Å². The van der Waals surface area contributed by atoms with Crippen molar-refractivity contribution in [2.75, 3.05) is 5.32 Å². The Balaban J connectivity index is 1.89. The van der Waals surface area contributed by atoms with Gasteiger partial charge in [0, 0.05) is 19.2 Å². The van der Waals surface area contributed by atoms with E-state index >= 15 is 0 Å². The van der Waals surface area contributed by atoms with Gasteiger partial charge >= 0.3 is 0 Å². The molecule has 1 amide bonds. The van der Waals surface area contributed by atoms with Crippen molar-refractivity contribution in [2.24, 2.45) is 7.05 Å². The summed E-state index contributed by atoms with van der Waals surface area (Å²) in [5.74, 6) is 0.703. The van der Waals surface area contributed by atoms with Crippen LogP contribution in [0.1, 0.15) is 40.8 Å². The maximum Gasteiger partial charge on any atom is 0.275 e. The minimum absolute atomic E-state index is 0.120. The number of aromatic nitrogens is 4. The van der Waals surface area contributed by atoms with E-state index in [4.69, 9.17) is 0 Å². The van der Waals surface area contributed by atoms with Crippen molar-refractivity contribution in [3.05, 3.63) is 28.7 Å². The summed E-state index contributed by atoms with van der Waals surface area (Å²) in [6.45, 7) is 4.55. The van der Waals surface area contributed by atoms with Crippen molar-refractivity contribution in [1.29, 1.82) is 0 Å². The van der Waals surface area contributed by atoms with Crippen molar-refractivity contribution >= 4 is 11.7 Å². The van der Waals surface area contributed by atoms with Gasteiger partial charge in [-0.3, -0.25) is 14.2 Å². The molecular weight excluding hydrogens is 254 g/mol. The molecule has 0 bridgehead atoms. The number of anilines is 1. The Morgan fingerprint density at radius 1 is 1.40 bits per heavy atom. The molecule has 0 radical (unpaired) electrons. The third-order valence-electron chi connectivity index (χ3n) is 3.74. The standard InChI is InChI=1S/C14H19N5O/c1-4-19-12(8-9(2)16-19)14(20)15-13-10-6-5-7-11(10)17-18(13)3/h8H,4-7H2,1-3H3,(H,15,20). The molecule has 2 heterocycles. The molecule has 0 aromatic carbocycles. The number of nitrogens with zero attached hydrogens (tertiary/aromatic N) is 4. The lowest BCUT2D eigenvalue weighted by Gasteiger charge is -2.08. The topological polar surface area (TPSA) is 64.7 Å². The number of amides is 1. The van der Waals surface area contributed by atoms with Crippen molar-refractivity contribution in [1.82, 2.24) is 19.6 Å². The first-order valence-corrected chi connectivity index (χ1v) is 7.00. The molecule has 1 aliphatic carbocycles. The molecule has 0 saturated carbocycles. The molecule has 0 saturated heterocycles. The van der Waals surface area contributed by atoms with Crippen LogP contribution in [0.3, 0.4) is 0 Å². The largest absolute Gasteiger partial charge is 0.305 e. The molecule has 3 rings (SSSR count). The van der Waals surface area contributed by atoms with Gasteiger partial charge in [0.2, 0.25) is 0 Å². The van der Waals surface area contributed by atoms with Crippen LogP contribution in [0.15, 0.2) is 6.07 Å². The summed E-state index contributed by atoms with van der Waals surface area (Å²) in [6.07, 6.45) is 3.11. The molecule has 0 spiro atoms. The second-order valence-corrected chi connectivity index (χ2v) is 5.19. The fourth-order valence-electron chi connectivity index (χ4n) is 2.82. The lowest BCUT2D eigenvalue weighted by molar-refractivity contribution is 0.101.